The zero-order valence-electron chi connectivity index (χ0n) is 7.67. The maximum atomic E-state index is 9.88. The number of hydrogen-bond acceptors (Lipinski definition) is 3. The van der Waals surface area contributed by atoms with Crippen LogP contribution < -0.4 is 0 Å². The van der Waals surface area contributed by atoms with Crippen LogP contribution in [0.25, 0.3) is 0 Å². The van der Waals surface area contributed by atoms with E-state index in [0.29, 0.717) is 6.61 Å². The van der Waals surface area contributed by atoms with Gasteiger partial charge in [0, 0.05) is 0 Å². The van der Waals surface area contributed by atoms with Gasteiger partial charge in [-0.1, -0.05) is 30.3 Å². The lowest BCUT2D eigenvalue weighted by Crippen LogP contribution is -2.34. The molecular weight excluding hydrogens is 180 g/mol. The molecule has 0 radical (unpaired) electrons. The van der Waals surface area contributed by atoms with Crippen molar-refractivity contribution in [1.82, 2.24) is 0 Å². The highest BCUT2D eigenvalue weighted by molar-refractivity contribution is 5.21. The first kappa shape index (κ1) is 8.41. The third-order valence-corrected chi connectivity index (χ3v) is 2.84. The highest BCUT2D eigenvalue weighted by Crippen LogP contribution is 2.39. The molecule has 3 heteroatoms. The molecular formula is C11H12O3. The number of aliphatic hydroxyl groups excluding tert-OH is 1. The van der Waals surface area contributed by atoms with Crippen LogP contribution in [0, 0.1) is 0 Å². The molecule has 3 rings (SSSR count). The van der Waals surface area contributed by atoms with Gasteiger partial charge in [-0.05, 0) is 5.56 Å². The highest BCUT2D eigenvalue weighted by Gasteiger charge is 2.52. The molecule has 4 atom stereocenters. The predicted molar refractivity (Wildman–Crippen MR) is 49.8 cm³/mol. The van der Waals surface area contributed by atoms with Crippen LogP contribution in [-0.4, -0.2) is 30.0 Å². The minimum absolute atomic E-state index is 0.00560. The fourth-order valence-electron chi connectivity index (χ4n) is 2.00. The summed E-state index contributed by atoms with van der Waals surface area (Å²) in [7, 11) is 0. The summed E-state index contributed by atoms with van der Waals surface area (Å²) in [6, 6.07) is 9.79. The Bertz CT molecular complexity index is 325. The van der Waals surface area contributed by atoms with Gasteiger partial charge in [0.15, 0.2) is 0 Å². The second-order valence-corrected chi connectivity index (χ2v) is 3.79. The molecule has 1 N–H and O–H groups in total. The van der Waals surface area contributed by atoms with E-state index < -0.39 is 6.10 Å². The van der Waals surface area contributed by atoms with E-state index in [1.54, 1.807) is 0 Å². The molecule has 74 valence electrons. The Labute approximate surface area is 82.3 Å². The normalized spacial score (nSPS) is 40.4. The molecule has 14 heavy (non-hydrogen) atoms. The monoisotopic (exact) mass is 192 g/mol. The first-order valence-electron chi connectivity index (χ1n) is 4.86. The Hall–Kier alpha value is -0.900. The summed E-state index contributed by atoms with van der Waals surface area (Å²) in [4.78, 5) is 0. The van der Waals surface area contributed by atoms with E-state index in [9.17, 15) is 5.11 Å². The Morgan fingerprint density at radius 1 is 1.21 bits per heavy atom. The Morgan fingerprint density at radius 3 is 2.79 bits per heavy atom. The van der Waals surface area contributed by atoms with Crippen molar-refractivity contribution in [3.8, 4) is 0 Å². The molecule has 2 aliphatic rings. The minimum atomic E-state index is -0.517. The van der Waals surface area contributed by atoms with Crippen LogP contribution in [0.2, 0.25) is 0 Å². The lowest BCUT2D eigenvalue weighted by molar-refractivity contribution is -0.0603. The first-order valence-corrected chi connectivity index (χ1v) is 4.86. The van der Waals surface area contributed by atoms with Gasteiger partial charge in [0.1, 0.15) is 24.4 Å². The molecule has 2 heterocycles. The molecule has 0 saturated carbocycles. The van der Waals surface area contributed by atoms with E-state index in [1.807, 2.05) is 30.3 Å². The average Bonchev–Trinajstić information content (AvgIpc) is 3.00. The summed E-state index contributed by atoms with van der Waals surface area (Å²) in [6.45, 7) is 0.598. The Kier molecular flexibility index (Phi) is 1.83. The second kappa shape index (κ2) is 3.05. The number of rotatable bonds is 1. The van der Waals surface area contributed by atoms with Crippen molar-refractivity contribution in [3.63, 3.8) is 0 Å². The van der Waals surface area contributed by atoms with Crippen LogP contribution in [0.4, 0.5) is 0 Å². The zero-order valence-corrected chi connectivity index (χ0v) is 7.67. The third kappa shape index (κ3) is 1.25. The number of epoxide rings is 1. The van der Waals surface area contributed by atoms with E-state index in [2.05, 4.69) is 0 Å². The van der Waals surface area contributed by atoms with Gasteiger partial charge in [-0.3, -0.25) is 0 Å². The van der Waals surface area contributed by atoms with E-state index in [4.69, 9.17) is 9.47 Å². The summed E-state index contributed by atoms with van der Waals surface area (Å²) < 4.78 is 10.8. The van der Waals surface area contributed by atoms with Crippen LogP contribution in [0.15, 0.2) is 30.3 Å². The van der Waals surface area contributed by atoms with Crippen molar-refractivity contribution >= 4 is 0 Å². The van der Waals surface area contributed by atoms with Crippen LogP contribution in [0.3, 0.4) is 0 Å². The summed E-state index contributed by atoms with van der Waals surface area (Å²) in [5.74, 6) is 0. The fraction of sp³-hybridized carbons (Fsp3) is 0.455. The third-order valence-electron chi connectivity index (χ3n) is 2.84. The van der Waals surface area contributed by atoms with Gasteiger partial charge in [0.05, 0.1) is 6.61 Å². The van der Waals surface area contributed by atoms with Crippen LogP contribution in [0.1, 0.15) is 11.7 Å². The lowest BCUT2D eigenvalue weighted by Gasteiger charge is -2.25. The van der Waals surface area contributed by atoms with Crippen molar-refractivity contribution < 1.29 is 14.6 Å². The lowest BCUT2D eigenvalue weighted by atomic mass is 9.99. The van der Waals surface area contributed by atoms with Gasteiger partial charge in [-0.25, -0.2) is 0 Å². The van der Waals surface area contributed by atoms with E-state index in [0.717, 1.165) is 5.56 Å². The topological polar surface area (TPSA) is 42.0 Å². The minimum Gasteiger partial charge on any atom is -0.387 e. The molecule has 0 aromatic heterocycles. The molecule has 3 nitrogen and oxygen atoms in total. The number of aliphatic hydroxyl groups is 1. The molecule has 0 aliphatic carbocycles. The van der Waals surface area contributed by atoms with Gasteiger partial charge >= 0.3 is 0 Å². The summed E-state index contributed by atoms with van der Waals surface area (Å²) in [6.07, 6.45) is -0.616. The predicted octanol–water partition coefficient (Wildman–Crippen LogP) is 0.886. The molecule has 0 unspecified atom stereocenters. The molecule has 0 amide bonds. The SMILES string of the molecule is O[C@H]1[C@H]2O[C@H]2CO[C@H]1c1ccccc1. The smallest absolute Gasteiger partial charge is 0.115 e. The van der Waals surface area contributed by atoms with Gasteiger partial charge < -0.3 is 14.6 Å². The van der Waals surface area contributed by atoms with Crippen molar-refractivity contribution in [2.45, 2.75) is 24.4 Å². The first-order chi connectivity index (χ1) is 6.86. The van der Waals surface area contributed by atoms with E-state index >= 15 is 0 Å². The van der Waals surface area contributed by atoms with Crippen molar-refractivity contribution in [1.29, 1.82) is 0 Å². The van der Waals surface area contributed by atoms with Crippen molar-refractivity contribution in [3.05, 3.63) is 35.9 Å². The Balaban J connectivity index is 1.84. The summed E-state index contributed by atoms with van der Waals surface area (Å²) in [5, 5.41) is 9.88. The Morgan fingerprint density at radius 2 is 2.00 bits per heavy atom. The van der Waals surface area contributed by atoms with E-state index in [1.165, 1.54) is 0 Å². The van der Waals surface area contributed by atoms with Crippen LogP contribution >= 0.6 is 0 Å². The average molecular weight is 192 g/mol. The summed E-state index contributed by atoms with van der Waals surface area (Å²) in [5.41, 5.74) is 1.02. The quantitative estimate of drug-likeness (QED) is 0.672. The zero-order chi connectivity index (χ0) is 9.54. The molecule has 2 fully saturated rings. The van der Waals surface area contributed by atoms with Crippen molar-refractivity contribution in [2.75, 3.05) is 6.61 Å². The highest BCUT2D eigenvalue weighted by atomic mass is 16.6. The molecule has 1 aromatic carbocycles. The van der Waals surface area contributed by atoms with Crippen LogP contribution in [0.5, 0.6) is 0 Å². The number of fused-ring (bicyclic) bond motifs is 1. The maximum absolute atomic E-state index is 9.88. The molecule has 2 saturated heterocycles. The number of ether oxygens (including phenoxy) is 2. The van der Waals surface area contributed by atoms with E-state index in [-0.39, 0.29) is 18.3 Å². The van der Waals surface area contributed by atoms with Gasteiger partial charge in [0.2, 0.25) is 0 Å². The number of hydrogen-bond donors (Lipinski definition) is 1. The second-order valence-electron chi connectivity index (χ2n) is 3.79. The van der Waals surface area contributed by atoms with Gasteiger partial charge in [-0.2, -0.15) is 0 Å². The van der Waals surface area contributed by atoms with Gasteiger partial charge in [-0.15, -0.1) is 0 Å². The molecule has 0 spiro atoms. The fourth-order valence-corrected chi connectivity index (χ4v) is 2.00. The molecule has 2 aliphatic heterocycles. The standard InChI is InChI=1S/C11H12O3/c12-9-10(7-4-2-1-3-5-7)13-6-8-11(9)14-8/h1-5,8-12H,6H2/t8-,9+,10-,11-/m0/s1. The molecule has 0 bridgehead atoms. The van der Waals surface area contributed by atoms with Crippen LogP contribution in [-0.2, 0) is 9.47 Å². The number of benzene rings is 1. The summed E-state index contributed by atoms with van der Waals surface area (Å²) >= 11 is 0. The molecule has 1 aromatic rings. The van der Waals surface area contributed by atoms with Gasteiger partial charge in [0.25, 0.3) is 0 Å². The maximum Gasteiger partial charge on any atom is 0.115 e. The van der Waals surface area contributed by atoms with Crippen molar-refractivity contribution in [2.24, 2.45) is 0 Å². The largest absolute Gasteiger partial charge is 0.387 e.